The van der Waals surface area contributed by atoms with E-state index in [2.05, 4.69) is 10.1 Å². The van der Waals surface area contributed by atoms with Crippen molar-refractivity contribution in [2.75, 3.05) is 7.11 Å². The van der Waals surface area contributed by atoms with Crippen molar-refractivity contribution in [3.63, 3.8) is 0 Å². The number of hydrogen-bond donors (Lipinski definition) is 1. The van der Waals surface area contributed by atoms with Gasteiger partial charge in [-0.25, -0.2) is 4.39 Å². The fourth-order valence-electron chi connectivity index (χ4n) is 2.14. The lowest BCUT2D eigenvalue weighted by molar-refractivity contribution is -0.141. The summed E-state index contributed by atoms with van der Waals surface area (Å²) in [6.07, 6.45) is 0.0978. The third-order valence-corrected chi connectivity index (χ3v) is 4.44. The van der Waals surface area contributed by atoms with E-state index in [-0.39, 0.29) is 30.2 Å². The zero-order valence-corrected chi connectivity index (χ0v) is 12.8. The molecule has 112 valence electrons. The van der Waals surface area contributed by atoms with Gasteiger partial charge in [-0.15, -0.1) is 11.3 Å². The molecule has 1 heterocycles. The van der Waals surface area contributed by atoms with Crippen molar-refractivity contribution >= 4 is 33.3 Å². The number of hydrogen-bond acceptors (Lipinski definition) is 4. The lowest BCUT2D eigenvalue weighted by Gasteiger charge is -2.12. The molecule has 21 heavy (non-hydrogen) atoms. The highest BCUT2D eigenvalue weighted by atomic mass is 32.1. The second-order valence-corrected chi connectivity index (χ2v) is 5.88. The average molecular weight is 309 g/mol. The van der Waals surface area contributed by atoms with E-state index >= 15 is 0 Å². The summed E-state index contributed by atoms with van der Waals surface area (Å²) in [5.74, 6) is -1.02. The number of methoxy groups -OCH3 is 1. The van der Waals surface area contributed by atoms with Crippen LogP contribution >= 0.6 is 11.3 Å². The van der Waals surface area contributed by atoms with Gasteiger partial charge in [0.25, 0.3) is 5.91 Å². The number of carbonyl (C=O) groups excluding carboxylic acids is 2. The maximum atomic E-state index is 13.8. The standard InChI is InChI=1S/C15H16FNO3S/c1-8(7-12(18)20-3)17-15(19)14-9(2)13-10(16)5-4-6-11(13)21-14/h4-6,8H,7H2,1-3H3,(H,17,19). The molecule has 1 N–H and O–H groups in total. The molecule has 0 bridgehead atoms. The van der Waals surface area contributed by atoms with Crippen molar-refractivity contribution in [2.45, 2.75) is 26.3 Å². The van der Waals surface area contributed by atoms with Crippen molar-refractivity contribution in [2.24, 2.45) is 0 Å². The molecule has 1 atom stereocenters. The number of esters is 1. The number of rotatable bonds is 4. The van der Waals surface area contributed by atoms with E-state index < -0.39 is 0 Å². The van der Waals surface area contributed by atoms with Crippen molar-refractivity contribution < 1.29 is 18.7 Å². The molecule has 0 fully saturated rings. The van der Waals surface area contributed by atoms with Gasteiger partial charge in [0.2, 0.25) is 0 Å². The molecule has 1 aromatic heterocycles. The van der Waals surface area contributed by atoms with E-state index in [4.69, 9.17) is 0 Å². The predicted molar refractivity (Wildman–Crippen MR) is 80.1 cm³/mol. The molecular weight excluding hydrogens is 293 g/mol. The van der Waals surface area contributed by atoms with Crippen molar-refractivity contribution in [1.29, 1.82) is 0 Å². The van der Waals surface area contributed by atoms with Crippen molar-refractivity contribution in [1.82, 2.24) is 5.32 Å². The monoisotopic (exact) mass is 309 g/mol. The fourth-order valence-corrected chi connectivity index (χ4v) is 3.27. The SMILES string of the molecule is COC(=O)CC(C)NC(=O)c1sc2cccc(F)c2c1C. The van der Waals surface area contributed by atoms with Gasteiger partial charge < -0.3 is 10.1 Å². The van der Waals surface area contributed by atoms with E-state index in [0.29, 0.717) is 15.8 Å². The van der Waals surface area contributed by atoms with Crippen LogP contribution in [0.15, 0.2) is 18.2 Å². The normalized spacial score (nSPS) is 12.2. The van der Waals surface area contributed by atoms with Gasteiger partial charge in [0.15, 0.2) is 0 Å². The van der Waals surface area contributed by atoms with E-state index in [1.54, 1.807) is 26.0 Å². The van der Waals surface area contributed by atoms with Crippen LogP contribution in [0.1, 0.15) is 28.6 Å². The number of fused-ring (bicyclic) bond motifs is 1. The van der Waals surface area contributed by atoms with E-state index in [9.17, 15) is 14.0 Å². The first-order valence-corrected chi connectivity index (χ1v) is 7.31. The third kappa shape index (κ3) is 3.21. The number of halogens is 1. The Morgan fingerprint density at radius 1 is 1.43 bits per heavy atom. The Morgan fingerprint density at radius 2 is 2.14 bits per heavy atom. The lowest BCUT2D eigenvalue weighted by Crippen LogP contribution is -2.34. The van der Waals surface area contributed by atoms with Crippen LogP contribution in [0.25, 0.3) is 10.1 Å². The fraction of sp³-hybridized carbons (Fsp3) is 0.333. The van der Waals surface area contributed by atoms with Crippen LogP contribution in [-0.2, 0) is 9.53 Å². The summed E-state index contributed by atoms with van der Waals surface area (Å²) in [5.41, 5.74) is 0.621. The Balaban J connectivity index is 2.22. The molecule has 0 aliphatic rings. The number of ether oxygens (including phenoxy) is 1. The van der Waals surface area contributed by atoms with E-state index in [1.165, 1.54) is 24.5 Å². The molecule has 0 saturated carbocycles. The molecule has 1 unspecified atom stereocenters. The van der Waals surface area contributed by atoms with Crippen LogP contribution in [0, 0.1) is 12.7 Å². The number of amides is 1. The molecule has 4 nitrogen and oxygen atoms in total. The number of nitrogens with one attached hydrogen (secondary N) is 1. The predicted octanol–water partition coefficient (Wildman–Crippen LogP) is 3.03. The van der Waals surface area contributed by atoms with Gasteiger partial charge in [-0.2, -0.15) is 0 Å². The molecule has 2 aromatic rings. The number of benzene rings is 1. The van der Waals surface area contributed by atoms with Crippen LogP contribution in [-0.4, -0.2) is 25.0 Å². The minimum absolute atomic E-state index is 0.0978. The summed E-state index contributed by atoms with van der Waals surface area (Å²) in [6, 6.07) is 4.43. The van der Waals surface area contributed by atoms with Gasteiger partial charge >= 0.3 is 5.97 Å². The Bertz CT molecular complexity index is 696. The van der Waals surface area contributed by atoms with Gasteiger partial charge in [0.05, 0.1) is 18.4 Å². The van der Waals surface area contributed by atoms with Gasteiger partial charge in [0, 0.05) is 16.1 Å². The molecule has 0 aliphatic carbocycles. The van der Waals surface area contributed by atoms with Crippen LogP contribution in [0.2, 0.25) is 0 Å². The number of thiophene rings is 1. The maximum Gasteiger partial charge on any atom is 0.307 e. The van der Waals surface area contributed by atoms with E-state index in [0.717, 1.165) is 4.70 Å². The molecule has 0 radical (unpaired) electrons. The second-order valence-electron chi connectivity index (χ2n) is 4.82. The Labute approximate surface area is 125 Å². The summed E-state index contributed by atoms with van der Waals surface area (Å²) >= 11 is 1.24. The summed E-state index contributed by atoms with van der Waals surface area (Å²) < 4.78 is 19.1. The first kappa shape index (κ1) is 15.4. The number of aryl methyl sites for hydroxylation is 1. The largest absolute Gasteiger partial charge is 0.469 e. The summed E-state index contributed by atoms with van der Waals surface area (Å²) in [6.45, 7) is 3.44. The van der Waals surface area contributed by atoms with Gasteiger partial charge in [0.1, 0.15) is 5.82 Å². The van der Waals surface area contributed by atoms with Crippen LogP contribution < -0.4 is 5.32 Å². The molecule has 2 rings (SSSR count). The van der Waals surface area contributed by atoms with Crippen molar-refractivity contribution in [3.05, 3.63) is 34.5 Å². The van der Waals surface area contributed by atoms with Crippen LogP contribution in [0.3, 0.4) is 0 Å². The van der Waals surface area contributed by atoms with Gasteiger partial charge in [-0.05, 0) is 31.5 Å². The summed E-state index contributed by atoms with van der Waals surface area (Å²) in [5, 5.41) is 3.21. The lowest BCUT2D eigenvalue weighted by atomic mass is 10.1. The molecule has 0 spiro atoms. The van der Waals surface area contributed by atoms with E-state index in [1.807, 2.05) is 0 Å². The highest BCUT2D eigenvalue weighted by Gasteiger charge is 2.20. The molecule has 1 aromatic carbocycles. The topological polar surface area (TPSA) is 55.4 Å². The zero-order chi connectivity index (χ0) is 15.6. The molecule has 1 amide bonds. The van der Waals surface area contributed by atoms with Crippen LogP contribution in [0.5, 0.6) is 0 Å². The zero-order valence-electron chi connectivity index (χ0n) is 12.0. The number of carbonyl (C=O) groups is 2. The maximum absolute atomic E-state index is 13.8. The van der Waals surface area contributed by atoms with Gasteiger partial charge in [-0.1, -0.05) is 6.07 Å². The van der Waals surface area contributed by atoms with Gasteiger partial charge in [-0.3, -0.25) is 9.59 Å². The highest BCUT2D eigenvalue weighted by Crippen LogP contribution is 2.32. The smallest absolute Gasteiger partial charge is 0.307 e. The Hall–Kier alpha value is -1.95. The third-order valence-electron chi connectivity index (χ3n) is 3.19. The summed E-state index contributed by atoms with van der Waals surface area (Å²) in [4.78, 5) is 23.9. The molecule has 0 saturated heterocycles. The average Bonchev–Trinajstić information content (AvgIpc) is 2.77. The van der Waals surface area contributed by atoms with Crippen LogP contribution in [0.4, 0.5) is 4.39 Å². The second kappa shape index (κ2) is 6.22. The van der Waals surface area contributed by atoms with Crippen molar-refractivity contribution in [3.8, 4) is 0 Å². The Kier molecular flexibility index (Phi) is 4.57. The molecular formula is C15H16FNO3S. The minimum atomic E-state index is -0.387. The summed E-state index contributed by atoms with van der Waals surface area (Å²) in [7, 11) is 1.30. The minimum Gasteiger partial charge on any atom is -0.469 e. The Morgan fingerprint density at radius 3 is 2.76 bits per heavy atom. The quantitative estimate of drug-likeness (QED) is 0.883. The molecule has 0 aliphatic heterocycles. The highest BCUT2D eigenvalue weighted by molar-refractivity contribution is 7.21. The molecule has 6 heteroatoms. The first-order valence-electron chi connectivity index (χ1n) is 6.49. The first-order chi connectivity index (χ1) is 9.93.